The van der Waals surface area contributed by atoms with Gasteiger partial charge in [0.25, 0.3) is 0 Å². The zero-order valence-corrected chi connectivity index (χ0v) is 90.4. The molecule has 1 heterocycles. The molecule has 0 atom stereocenters. The van der Waals surface area contributed by atoms with Crippen LogP contribution in [0.25, 0.3) is 0 Å². The van der Waals surface area contributed by atoms with Crippen LogP contribution < -0.4 is 0 Å². The molecule has 0 bridgehead atoms. The molecule has 118 heavy (non-hydrogen) atoms. The Hall–Kier alpha value is 5.44. The average Bonchev–Trinajstić information content (AvgIpc) is 1.01. The molecule has 0 unspecified atom stereocenters. The molecule has 0 N–H and O–H groups in total. The van der Waals surface area contributed by atoms with Crippen molar-refractivity contribution in [2.45, 2.75) is 504 Å². The fourth-order valence-electron chi connectivity index (χ4n) is 13.0. The molecule has 1 aliphatic heterocycles. The third kappa shape index (κ3) is 107. The van der Waals surface area contributed by atoms with Crippen LogP contribution in [-0.2, 0) is 47.6 Å². The average molecular weight is 1970 g/mol. The largest absolute Gasteiger partial charge is 0.369 e. The molecule has 0 aliphatic carbocycles. The topological polar surface area (TPSA) is 111 Å². The van der Waals surface area contributed by atoms with Crippen molar-refractivity contribution < 1.29 is 47.6 Å². The zero-order chi connectivity index (χ0) is 84.7. The molecule has 12 nitrogen and oxygen atoms in total. The van der Waals surface area contributed by atoms with E-state index in [0.717, 1.165) is 108 Å². The molecule has 1 rings (SSSR count). The molecule has 0 spiro atoms. The smallest absolute Gasteiger partial charge is 0.239 e. The van der Waals surface area contributed by atoms with Gasteiger partial charge in [0.2, 0.25) is 0 Å². The summed E-state index contributed by atoms with van der Waals surface area (Å²) in [5.74, 6) is 11.8. The normalized spacial score (nSPS) is 15.5. The Morgan fingerprint density at radius 2 is 0.322 bits per heavy atom. The van der Waals surface area contributed by atoms with Crippen LogP contribution in [0.3, 0.4) is 0 Å². The highest BCUT2D eigenvalue weighted by Crippen LogP contribution is 2.54. The van der Waals surface area contributed by atoms with E-state index in [2.05, 4.69) is 41.5 Å². The van der Waals surface area contributed by atoms with Gasteiger partial charge >= 0.3 is 34.4 Å². The first-order valence-corrected chi connectivity index (χ1v) is 64.7. The minimum absolute atomic E-state index is 0.959. The van der Waals surface area contributed by atoms with E-state index in [-0.39, 0.29) is 0 Å². The van der Waals surface area contributed by atoms with Gasteiger partial charge in [-0.25, -0.2) is 47.6 Å². The third-order valence-electron chi connectivity index (χ3n) is 20.5. The van der Waals surface area contributed by atoms with E-state index < -0.39 is 34.4 Å². The maximum absolute atomic E-state index is 6.12. The van der Waals surface area contributed by atoms with E-state index in [1.807, 2.05) is 0 Å². The van der Waals surface area contributed by atoms with Gasteiger partial charge < -0.3 is 0 Å². The van der Waals surface area contributed by atoms with Crippen LogP contribution in [0.2, 0.25) is 0 Å². The molecule has 0 radical (unpaired) electrons. The number of rotatable bonds is 89. The van der Waals surface area contributed by atoms with Gasteiger partial charge in [-0.05, 0) is 77.0 Å². The highest BCUT2D eigenvalue weighted by molar-refractivity contribution is 8.05. The van der Waals surface area contributed by atoms with Gasteiger partial charge in [-0.3, -0.25) is 0 Å². The first-order chi connectivity index (χ1) is 58.6. The molecule has 1 saturated heterocycles. The Morgan fingerprint density at radius 3 is 0.475 bits per heavy atom. The summed E-state index contributed by atoms with van der Waals surface area (Å²) in [5.41, 5.74) is 0. The van der Waals surface area contributed by atoms with Crippen LogP contribution in [0, 0.1) is 0 Å². The molecule has 1 fully saturated rings. The van der Waals surface area contributed by atoms with E-state index in [0.29, 0.717) is 0 Å². The molecule has 28 heteroatoms. The Balaban J connectivity index is 0.00000243. The number of hydrogen-bond acceptors (Lipinski definition) is 24. The summed E-state index contributed by atoms with van der Waals surface area (Å²) in [6.07, 6.45) is 95.2. The monoisotopic (exact) mass is 1970 g/mol. The SMILES string of the molecule is CCCCCCCCCCCCSOP(OSCCCCCCCCCCCC)OSCCCCCCSOP(OSCCCCCCCCCCCC)OSCCCCCCCCCCCC.CCCCCCCCCCCCSOP1OSCCCCCCSOP(OSCCCCCCCCCCCC)OSCCCCCCSO1. The molecule has 0 saturated carbocycles. The van der Waals surface area contributed by atoms with Crippen molar-refractivity contribution >= 4 is 179 Å². The lowest BCUT2D eigenvalue weighted by Gasteiger charge is -2.14. The Bertz CT molecular complexity index is 1590. The second kappa shape index (κ2) is 115. The van der Waals surface area contributed by atoms with E-state index in [9.17, 15) is 0 Å². The summed E-state index contributed by atoms with van der Waals surface area (Å²) in [7, 11) is -5.38. The minimum atomic E-state index is -1.36. The fraction of sp³-hybridized carbons (Fsp3) is 1.00. The maximum atomic E-state index is 6.12. The summed E-state index contributed by atoms with van der Waals surface area (Å²) >= 11 is 18.3. The van der Waals surface area contributed by atoms with Crippen LogP contribution in [0.4, 0.5) is 0 Å². The number of unbranched alkanes of at least 4 members (excludes halogenated alkanes) is 57. The molecule has 0 aromatic carbocycles. The maximum Gasteiger partial charge on any atom is 0.369 e. The third-order valence-corrected chi connectivity index (χ3v) is 36.8. The summed E-state index contributed by atoms with van der Waals surface area (Å²) < 4.78 is 72.6. The molecular formula is C90H186O12P4S12. The Labute approximate surface area is 792 Å². The second-order valence-electron chi connectivity index (χ2n) is 32.0. The Kier molecular flexibility index (Phi) is 120. The van der Waals surface area contributed by atoms with Gasteiger partial charge in [0.15, 0.2) is 0 Å². The lowest BCUT2D eigenvalue weighted by molar-refractivity contribution is 0.464. The first-order valence-electron chi connectivity index (χ1n) is 49.4. The molecule has 710 valence electrons. The van der Waals surface area contributed by atoms with E-state index in [1.54, 1.807) is 48.2 Å². The summed E-state index contributed by atoms with van der Waals surface area (Å²) in [4.78, 5) is 0. The summed E-state index contributed by atoms with van der Waals surface area (Å²) in [6.45, 7) is 13.7. The zero-order valence-electron chi connectivity index (χ0n) is 77.0. The molecule has 0 aromatic rings. The van der Waals surface area contributed by atoms with Crippen molar-refractivity contribution in [3.63, 3.8) is 0 Å². The van der Waals surface area contributed by atoms with Crippen LogP contribution in [-0.4, -0.2) is 69.0 Å². The van der Waals surface area contributed by atoms with Crippen molar-refractivity contribution in [3.05, 3.63) is 0 Å². The predicted octanol–water partition coefficient (Wildman–Crippen LogP) is 42.1. The highest BCUT2D eigenvalue weighted by atomic mass is 32.2. The minimum Gasteiger partial charge on any atom is -0.239 e. The van der Waals surface area contributed by atoms with E-state index in [4.69, 9.17) is 47.6 Å². The van der Waals surface area contributed by atoms with Crippen LogP contribution in [0.1, 0.15) is 504 Å². The predicted molar refractivity (Wildman–Crippen MR) is 557 cm³/mol. The lowest BCUT2D eigenvalue weighted by atomic mass is 10.1. The van der Waals surface area contributed by atoms with Crippen molar-refractivity contribution in [3.8, 4) is 0 Å². The van der Waals surface area contributed by atoms with Gasteiger partial charge in [0.1, 0.15) is 0 Å². The summed E-state index contributed by atoms with van der Waals surface area (Å²) in [6, 6.07) is 0. The van der Waals surface area contributed by atoms with Gasteiger partial charge in [0, 0.05) is 214 Å². The second-order valence-corrected chi connectivity index (χ2v) is 48.7. The fourth-order valence-corrected chi connectivity index (χ4v) is 28.5. The van der Waals surface area contributed by atoms with Crippen LogP contribution >= 0.6 is 179 Å². The van der Waals surface area contributed by atoms with Crippen LogP contribution in [0.15, 0.2) is 0 Å². The summed E-state index contributed by atoms with van der Waals surface area (Å²) in [5, 5.41) is 0. The lowest BCUT2D eigenvalue weighted by Crippen LogP contribution is -1.90. The van der Waals surface area contributed by atoms with E-state index in [1.165, 1.54) is 520 Å². The quantitative estimate of drug-likeness (QED) is 0.0327. The Morgan fingerprint density at radius 1 is 0.186 bits per heavy atom. The van der Waals surface area contributed by atoms with Crippen molar-refractivity contribution in [1.29, 1.82) is 0 Å². The van der Waals surface area contributed by atoms with Gasteiger partial charge in [-0.15, -0.1) is 0 Å². The highest BCUT2D eigenvalue weighted by Gasteiger charge is 2.20. The molecule has 0 aromatic heterocycles. The molecule has 0 amide bonds. The number of hydrogen-bond donors (Lipinski definition) is 0. The van der Waals surface area contributed by atoms with Crippen LogP contribution in [0.5, 0.6) is 0 Å². The molecule has 1 aliphatic rings. The van der Waals surface area contributed by atoms with Gasteiger partial charge in [-0.1, -0.05) is 427 Å². The first kappa shape index (κ1) is 123. The van der Waals surface area contributed by atoms with E-state index >= 15 is 0 Å². The van der Waals surface area contributed by atoms with Gasteiger partial charge in [-0.2, -0.15) is 0 Å². The standard InChI is InChI=1S/C54H112O6P2S6.C36H74O6P2S6/c1-5-9-13-17-21-25-29-33-37-43-49-63-55-61(56-64-50-44-38-34-30-26-22-18-14-10-6-2)59-67-53-47-41-42-48-54-68-60-62(57-65-51-45-39-35-31-27-23-19-15-11-7-3)58-66-52-46-40-36-32-28-24-20-16-12-8-4;1-3-5-7-9-11-13-15-17-19-25-31-45-37-43-39-47-33-27-21-23-29-35-49-41-44(42-50-36-30-24-22-28-34-48-40-43)38-46-32-26-20-18-16-14-12-10-8-6-4-2/h5-54H2,1-4H3;3-36H2,1-2H3. The van der Waals surface area contributed by atoms with Gasteiger partial charge in [0.05, 0.1) is 0 Å². The van der Waals surface area contributed by atoms with Crippen molar-refractivity contribution in [2.24, 2.45) is 0 Å². The van der Waals surface area contributed by atoms with Crippen molar-refractivity contribution in [1.82, 2.24) is 0 Å². The van der Waals surface area contributed by atoms with Crippen molar-refractivity contribution in [2.75, 3.05) is 69.0 Å². The molecular weight excluding hydrogens is 1780 g/mol.